The van der Waals surface area contributed by atoms with Gasteiger partial charge in [0.2, 0.25) is 15.0 Å². The lowest BCUT2D eigenvalue weighted by Crippen LogP contribution is -2.40. The van der Waals surface area contributed by atoms with Crippen LogP contribution < -0.4 is 9.62 Å². The highest BCUT2D eigenvalue weighted by molar-refractivity contribution is 7.92. The predicted molar refractivity (Wildman–Crippen MR) is 135 cm³/mol. The Labute approximate surface area is 238 Å². The third-order valence-corrected chi connectivity index (χ3v) is 7.90. The normalized spacial score (nSPS) is 16.5. The number of unbranched alkanes of at least 4 members (excludes halogenated alkanes) is 2. The Morgan fingerprint density at radius 3 is 2.43 bits per heavy atom. The van der Waals surface area contributed by atoms with Crippen molar-refractivity contribution in [2.24, 2.45) is 10.2 Å². The molecule has 0 saturated heterocycles. The standard InChI is InChI=1S/C22H24F8N6O4S2/c1-3-4-5-8-36-12(2)6-7-13-9-14(15(10-16(13)36)35-42(38,39)11-20(23,24)25)31-33-19-34-32-17(41-19)18(37)40-22(29,30)21(26,27)28/h9-10,12,35H,3-8,11H2,1-2H3. The number of nitrogens with zero attached hydrogens (tertiary/aromatic N) is 5. The number of hydrogen-bond acceptors (Lipinski definition) is 10. The van der Waals surface area contributed by atoms with Crippen LogP contribution in [-0.2, 0) is 21.2 Å². The second-order valence-electron chi connectivity index (χ2n) is 9.26. The summed E-state index contributed by atoms with van der Waals surface area (Å²) in [5.41, 5.74) is 0.670. The fourth-order valence-corrected chi connectivity index (χ4v) is 5.50. The van der Waals surface area contributed by atoms with Gasteiger partial charge in [0.05, 0.1) is 5.69 Å². The van der Waals surface area contributed by atoms with Gasteiger partial charge >= 0.3 is 24.4 Å². The van der Waals surface area contributed by atoms with Gasteiger partial charge in [-0.15, -0.1) is 20.4 Å². The summed E-state index contributed by atoms with van der Waals surface area (Å²) in [5.74, 6) is -4.34. The van der Waals surface area contributed by atoms with Crippen LogP contribution in [0.5, 0.6) is 0 Å². The average Bonchev–Trinajstić information content (AvgIpc) is 3.31. The molecule has 0 saturated carbocycles. The molecule has 1 atom stereocenters. The third-order valence-electron chi connectivity index (χ3n) is 5.87. The predicted octanol–water partition coefficient (Wildman–Crippen LogP) is 6.90. The molecule has 0 amide bonds. The number of alkyl halides is 8. The summed E-state index contributed by atoms with van der Waals surface area (Å²) < 4.78 is 131. The lowest BCUT2D eigenvalue weighted by Gasteiger charge is -2.37. The minimum atomic E-state index is -6.18. The molecule has 1 aromatic heterocycles. The molecule has 1 aliphatic heterocycles. The van der Waals surface area contributed by atoms with Gasteiger partial charge in [0.25, 0.3) is 5.13 Å². The summed E-state index contributed by atoms with van der Waals surface area (Å²) in [7, 11) is -4.96. The highest BCUT2D eigenvalue weighted by Gasteiger charge is 2.62. The number of azo groups is 1. The molecule has 3 rings (SSSR count). The van der Waals surface area contributed by atoms with Crippen molar-refractivity contribution in [1.29, 1.82) is 0 Å². The molecule has 0 bridgehead atoms. The maximum Gasteiger partial charge on any atom is 0.501 e. The van der Waals surface area contributed by atoms with Crippen LogP contribution in [0.1, 0.15) is 54.9 Å². The number of sulfonamides is 1. The Morgan fingerprint density at radius 1 is 1.12 bits per heavy atom. The van der Waals surface area contributed by atoms with Crippen LogP contribution in [0.4, 0.5) is 57.3 Å². The maximum atomic E-state index is 13.0. The first-order valence-electron chi connectivity index (χ1n) is 12.3. The molecule has 2 heterocycles. The highest BCUT2D eigenvalue weighted by atomic mass is 32.2. The zero-order valence-corrected chi connectivity index (χ0v) is 23.5. The number of nitrogens with one attached hydrogen (secondary N) is 1. The summed E-state index contributed by atoms with van der Waals surface area (Å²) in [6, 6.07) is 2.79. The Kier molecular flexibility index (Phi) is 10.0. The van der Waals surface area contributed by atoms with Gasteiger partial charge in [0.15, 0.2) is 5.75 Å². The summed E-state index contributed by atoms with van der Waals surface area (Å²) in [6.07, 6.45) is -13.1. The molecule has 0 radical (unpaired) electrons. The van der Waals surface area contributed by atoms with Crippen LogP contribution in [0, 0.1) is 0 Å². The zero-order chi connectivity index (χ0) is 31.5. The summed E-state index contributed by atoms with van der Waals surface area (Å²) in [6.45, 7) is 4.58. The van der Waals surface area contributed by atoms with Crippen molar-refractivity contribution < 1.29 is 53.1 Å². The number of aryl methyl sites for hydroxylation is 1. The molecule has 10 nitrogen and oxygen atoms in total. The largest absolute Gasteiger partial charge is 0.501 e. The van der Waals surface area contributed by atoms with Crippen LogP contribution in [0.3, 0.4) is 0 Å². The number of halogens is 8. The van der Waals surface area contributed by atoms with E-state index in [-0.39, 0.29) is 28.8 Å². The van der Waals surface area contributed by atoms with Crippen LogP contribution in [-0.4, -0.2) is 61.4 Å². The quantitative estimate of drug-likeness (QED) is 0.121. The van der Waals surface area contributed by atoms with E-state index in [9.17, 15) is 48.3 Å². The number of hydrogen-bond donors (Lipinski definition) is 1. The molecule has 0 spiro atoms. The molecule has 1 aliphatic rings. The van der Waals surface area contributed by atoms with Gasteiger partial charge in [-0.25, -0.2) is 13.2 Å². The number of fused-ring (bicyclic) bond motifs is 1. The first-order chi connectivity index (χ1) is 19.3. The number of anilines is 2. The van der Waals surface area contributed by atoms with E-state index >= 15 is 0 Å². The maximum absolute atomic E-state index is 13.0. The number of benzene rings is 1. The molecule has 1 unspecified atom stereocenters. The third kappa shape index (κ3) is 8.68. The SMILES string of the molecule is CCCCCN1c2cc(NS(=O)(=O)CC(F)(F)F)c(N=Nc3nnc(C(=O)OC(F)(F)C(F)(F)F)s3)cc2CCC1C. The Bertz CT molecular complexity index is 1410. The lowest BCUT2D eigenvalue weighted by molar-refractivity contribution is -0.370. The van der Waals surface area contributed by atoms with Crippen molar-refractivity contribution in [3.05, 3.63) is 22.7 Å². The number of aromatic nitrogens is 2. The van der Waals surface area contributed by atoms with E-state index in [0.29, 0.717) is 30.6 Å². The second-order valence-corrected chi connectivity index (χ2v) is 11.9. The van der Waals surface area contributed by atoms with E-state index in [1.54, 1.807) is 0 Å². The molecular formula is C22H24F8N6O4S2. The second kappa shape index (κ2) is 12.6. The van der Waals surface area contributed by atoms with Crippen molar-refractivity contribution in [3.63, 3.8) is 0 Å². The Morgan fingerprint density at radius 2 is 1.81 bits per heavy atom. The Hall–Kier alpha value is -3.16. The topological polar surface area (TPSA) is 126 Å². The number of ether oxygens (including phenoxy) is 1. The molecule has 1 N–H and O–H groups in total. The van der Waals surface area contributed by atoms with Crippen molar-refractivity contribution in [1.82, 2.24) is 10.2 Å². The fourth-order valence-electron chi connectivity index (χ4n) is 3.95. The van der Waals surface area contributed by atoms with Crippen molar-refractivity contribution >= 4 is 49.5 Å². The lowest BCUT2D eigenvalue weighted by atomic mass is 9.95. The molecule has 42 heavy (non-hydrogen) atoms. The fraction of sp³-hybridized carbons (Fsp3) is 0.591. The monoisotopic (exact) mass is 652 g/mol. The van der Waals surface area contributed by atoms with E-state index < -0.39 is 50.3 Å². The first-order valence-corrected chi connectivity index (χ1v) is 14.7. The van der Waals surface area contributed by atoms with E-state index in [1.807, 2.05) is 23.5 Å². The van der Waals surface area contributed by atoms with E-state index in [0.717, 1.165) is 19.3 Å². The molecule has 20 heteroatoms. The van der Waals surface area contributed by atoms with Crippen molar-refractivity contribution in [2.45, 2.75) is 70.5 Å². The van der Waals surface area contributed by atoms with E-state index in [4.69, 9.17) is 0 Å². The molecule has 0 aliphatic carbocycles. The van der Waals surface area contributed by atoms with Gasteiger partial charge in [-0.1, -0.05) is 31.1 Å². The minimum Gasteiger partial charge on any atom is -0.388 e. The molecule has 2 aromatic rings. The minimum absolute atomic E-state index is 0.0470. The van der Waals surface area contributed by atoms with E-state index in [2.05, 4.69) is 25.2 Å². The van der Waals surface area contributed by atoms with Crippen LogP contribution in [0.2, 0.25) is 0 Å². The number of esters is 1. The average molecular weight is 653 g/mol. The zero-order valence-electron chi connectivity index (χ0n) is 21.9. The molecule has 0 fully saturated rings. The Balaban J connectivity index is 1.96. The number of carbonyl (C=O) groups is 1. The molecular weight excluding hydrogens is 628 g/mol. The van der Waals surface area contributed by atoms with Crippen molar-refractivity contribution in [2.75, 3.05) is 21.9 Å². The van der Waals surface area contributed by atoms with Gasteiger partial charge in [0.1, 0.15) is 5.69 Å². The van der Waals surface area contributed by atoms with E-state index in [1.165, 1.54) is 12.1 Å². The number of rotatable bonds is 11. The van der Waals surface area contributed by atoms with Gasteiger partial charge in [0, 0.05) is 18.3 Å². The smallest absolute Gasteiger partial charge is 0.388 e. The summed E-state index contributed by atoms with van der Waals surface area (Å²) >= 11 is 0.126. The summed E-state index contributed by atoms with van der Waals surface area (Å²) in [4.78, 5) is 13.7. The van der Waals surface area contributed by atoms with Gasteiger partial charge in [-0.2, -0.15) is 35.1 Å². The first kappa shape index (κ1) is 33.3. The summed E-state index contributed by atoms with van der Waals surface area (Å²) in [5, 5.41) is 12.3. The number of carbonyl (C=O) groups excluding carboxylic acids is 1. The molecule has 1 aromatic carbocycles. The van der Waals surface area contributed by atoms with Crippen LogP contribution in [0.15, 0.2) is 22.4 Å². The van der Waals surface area contributed by atoms with Crippen molar-refractivity contribution in [3.8, 4) is 0 Å². The van der Waals surface area contributed by atoms with Gasteiger partial charge < -0.3 is 9.64 Å². The van der Waals surface area contributed by atoms with Gasteiger partial charge in [-0.3, -0.25) is 4.72 Å². The highest BCUT2D eigenvalue weighted by Crippen LogP contribution is 2.41. The van der Waals surface area contributed by atoms with Crippen LogP contribution in [0.25, 0.3) is 0 Å². The molecule has 234 valence electrons. The van der Waals surface area contributed by atoms with Gasteiger partial charge in [-0.05, 0) is 43.9 Å². The van der Waals surface area contributed by atoms with Crippen LogP contribution >= 0.6 is 11.3 Å².